The van der Waals surface area contributed by atoms with Gasteiger partial charge in [-0.05, 0) is 31.5 Å². The third-order valence-corrected chi connectivity index (χ3v) is 5.59. The molecule has 0 radical (unpaired) electrons. The van der Waals surface area contributed by atoms with Crippen molar-refractivity contribution >= 4 is 17.3 Å². The number of rotatable bonds is 3. The second-order valence-corrected chi connectivity index (χ2v) is 7.66. The summed E-state index contributed by atoms with van der Waals surface area (Å²) in [5.41, 5.74) is 4.60. The predicted molar refractivity (Wildman–Crippen MR) is 116 cm³/mol. The Labute approximate surface area is 170 Å². The Morgan fingerprint density at radius 1 is 0.966 bits per heavy atom. The highest BCUT2D eigenvalue weighted by atomic mass is 15.4. The number of aryl methyl sites for hydroxylation is 1. The molecule has 4 aromatic rings. The Morgan fingerprint density at radius 2 is 1.83 bits per heavy atom. The van der Waals surface area contributed by atoms with Crippen LogP contribution in [-0.2, 0) is 0 Å². The molecule has 5 rings (SSSR count). The molecule has 1 atom stereocenters. The van der Waals surface area contributed by atoms with Gasteiger partial charge in [-0.2, -0.15) is 14.6 Å². The van der Waals surface area contributed by atoms with Gasteiger partial charge in [0.1, 0.15) is 12.1 Å². The lowest BCUT2D eigenvalue weighted by atomic mass is 10.1. The second kappa shape index (κ2) is 7.20. The minimum atomic E-state index is 0.387. The van der Waals surface area contributed by atoms with Crippen molar-refractivity contribution in [3.63, 3.8) is 0 Å². The minimum absolute atomic E-state index is 0.387. The average Bonchev–Trinajstić information content (AvgIpc) is 3.22. The van der Waals surface area contributed by atoms with Gasteiger partial charge in [0.2, 0.25) is 0 Å². The molecule has 6 nitrogen and oxygen atoms in total. The molecular weight excluding hydrogens is 360 g/mol. The molecule has 2 aromatic carbocycles. The van der Waals surface area contributed by atoms with E-state index >= 15 is 0 Å². The number of nitrogens with zero attached hydrogens (tertiary/aromatic N) is 6. The summed E-state index contributed by atoms with van der Waals surface area (Å²) >= 11 is 0. The third kappa shape index (κ3) is 3.31. The van der Waals surface area contributed by atoms with Crippen molar-refractivity contribution in [2.75, 3.05) is 29.4 Å². The lowest BCUT2D eigenvalue weighted by molar-refractivity contribution is 0.543. The van der Waals surface area contributed by atoms with Crippen LogP contribution in [0.5, 0.6) is 0 Å². The van der Waals surface area contributed by atoms with Crippen molar-refractivity contribution in [3.8, 4) is 11.3 Å². The largest absolute Gasteiger partial charge is 0.365 e. The van der Waals surface area contributed by atoms with Gasteiger partial charge in [-0.1, -0.05) is 42.5 Å². The molecule has 0 amide bonds. The molecule has 1 aliphatic heterocycles. The second-order valence-electron chi connectivity index (χ2n) is 7.66. The van der Waals surface area contributed by atoms with E-state index in [1.807, 2.05) is 22.7 Å². The van der Waals surface area contributed by atoms with Crippen LogP contribution in [0.3, 0.4) is 0 Å². The fourth-order valence-electron chi connectivity index (χ4n) is 4.13. The number of anilines is 2. The Hall–Kier alpha value is -3.41. The standard InChI is InChI=1S/C23H24N6/c1-17-7-6-10-20(13-17)28-12-11-27(15-18(28)2)22-14-21(19-8-4-3-5-9-19)26-23-24-16-25-29(22)23/h3-10,13-14,16,18H,11-12,15H2,1-2H3. The molecule has 0 N–H and O–H groups in total. The van der Waals surface area contributed by atoms with E-state index in [2.05, 4.69) is 76.2 Å². The normalized spacial score (nSPS) is 17.1. The van der Waals surface area contributed by atoms with Crippen LogP contribution in [0.1, 0.15) is 12.5 Å². The van der Waals surface area contributed by atoms with E-state index in [9.17, 15) is 0 Å². The molecule has 1 unspecified atom stereocenters. The molecule has 3 heterocycles. The molecule has 0 bridgehead atoms. The number of benzene rings is 2. The first kappa shape index (κ1) is 17.7. The third-order valence-electron chi connectivity index (χ3n) is 5.59. The average molecular weight is 384 g/mol. The minimum Gasteiger partial charge on any atom is -0.365 e. The van der Waals surface area contributed by atoms with Gasteiger partial charge >= 0.3 is 0 Å². The van der Waals surface area contributed by atoms with Gasteiger partial charge in [-0.15, -0.1) is 0 Å². The topological polar surface area (TPSA) is 49.6 Å². The van der Waals surface area contributed by atoms with Crippen molar-refractivity contribution in [3.05, 3.63) is 72.6 Å². The van der Waals surface area contributed by atoms with Crippen LogP contribution in [0.25, 0.3) is 17.0 Å². The van der Waals surface area contributed by atoms with Crippen molar-refractivity contribution < 1.29 is 0 Å². The van der Waals surface area contributed by atoms with E-state index in [0.717, 1.165) is 36.7 Å². The Morgan fingerprint density at radius 3 is 2.62 bits per heavy atom. The zero-order chi connectivity index (χ0) is 19.8. The summed E-state index contributed by atoms with van der Waals surface area (Å²) < 4.78 is 1.85. The summed E-state index contributed by atoms with van der Waals surface area (Å²) in [5, 5.41) is 4.43. The molecule has 0 aliphatic carbocycles. The molecule has 0 spiro atoms. The predicted octanol–water partition coefficient (Wildman–Crippen LogP) is 3.81. The van der Waals surface area contributed by atoms with Crippen LogP contribution in [0, 0.1) is 6.92 Å². The molecule has 146 valence electrons. The van der Waals surface area contributed by atoms with Crippen molar-refractivity contribution in [2.45, 2.75) is 19.9 Å². The maximum atomic E-state index is 4.70. The monoisotopic (exact) mass is 384 g/mol. The van der Waals surface area contributed by atoms with Crippen molar-refractivity contribution in [1.29, 1.82) is 0 Å². The van der Waals surface area contributed by atoms with Gasteiger partial charge in [-0.3, -0.25) is 0 Å². The van der Waals surface area contributed by atoms with Gasteiger partial charge in [0.05, 0.1) is 5.69 Å². The van der Waals surface area contributed by atoms with E-state index in [0.29, 0.717) is 11.8 Å². The molecular formula is C23H24N6. The van der Waals surface area contributed by atoms with E-state index in [1.165, 1.54) is 11.3 Å². The summed E-state index contributed by atoms with van der Waals surface area (Å²) in [6, 6.07) is 21.5. The van der Waals surface area contributed by atoms with Crippen LogP contribution in [-0.4, -0.2) is 45.3 Å². The van der Waals surface area contributed by atoms with Crippen molar-refractivity contribution in [1.82, 2.24) is 19.6 Å². The Kier molecular flexibility index (Phi) is 4.39. The summed E-state index contributed by atoms with van der Waals surface area (Å²) in [7, 11) is 0. The first-order valence-electron chi connectivity index (χ1n) is 10.0. The highest BCUT2D eigenvalue weighted by Gasteiger charge is 2.26. The fraction of sp³-hybridized carbons (Fsp3) is 0.261. The molecule has 2 aromatic heterocycles. The Balaban J connectivity index is 1.48. The van der Waals surface area contributed by atoms with E-state index in [4.69, 9.17) is 4.98 Å². The fourth-order valence-corrected chi connectivity index (χ4v) is 4.13. The van der Waals surface area contributed by atoms with E-state index < -0.39 is 0 Å². The quantitative estimate of drug-likeness (QED) is 0.538. The maximum Gasteiger partial charge on any atom is 0.254 e. The molecule has 1 fully saturated rings. The van der Waals surface area contributed by atoms with Crippen LogP contribution < -0.4 is 9.80 Å². The number of aromatic nitrogens is 4. The van der Waals surface area contributed by atoms with Gasteiger partial charge < -0.3 is 9.80 Å². The highest BCUT2D eigenvalue weighted by molar-refractivity contribution is 5.66. The van der Waals surface area contributed by atoms with E-state index in [1.54, 1.807) is 6.33 Å². The number of piperazine rings is 1. The SMILES string of the molecule is Cc1cccc(N2CCN(c3cc(-c4ccccc4)nc4ncnn34)CC2C)c1. The summed E-state index contributed by atoms with van der Waals surface area (Å²) in [4.78, 5) is 13.9. The highest BCUT2D eigenvalue weighted by Crippen LogP contribution is 2.27. The molecule has 6 heteroatoms. The van der Waals surface area contributed by atoms with Crippen LogP contribution in [0.15, 0.2) is 67.0 Å². The number of hydrogen-bond donors (Lipinski definition) is 0. The molecule has 1 aliphatic rings. The van der Waals surface area contributed by atoms with Gasteiger partial charge in [0.15, 0.2) is 0 Å². The lowest BCUT2D eigenvalue weighted by Crippen LogP contribution is -2.52. The van der Waals surface area contributed by atoms with Gasteiger partial charge in [-0.25, -0.2) is 4.98 Å². The smallest absolute Gasteiger partial charge is 0.254 e. The number of fused-ring (bicyclic) bond motifs is 1. The van der Waals surface area contributed by atoms with Gasteiger partial charge in [0, 0.05) is 43.0 Å². The summed E-state index contributed by atoms with van der Waals surface area (Å²) in [6.45, 7) is 7.23. The van der Waals surface area contributed by atoms with Crippen molar-refractivity contribution in [2.24, 2.45) is 0 Å². The summed E-state index contributed by atoms with van der Waals surface area (Å²) in [5.74, 6) is 1.68. The lowest BCUT2D eigenvalue weighted by Gasteiger charge is -2.42. The molecule has 1 saturated heterocycles. The van der Waals surface area contributed by atoms with Gasteiger partial charge in [0.25, 0.3) is 5.78 Å². The Bertz CT molecular complexity index is 1140. The summed E-state index contributed by atoms with van der Waals surface area (Å²) in [6.07, 6.45) is 1.58. The zero-order valence-electron chi connectivity index (χ0n) is 16.7. The zero-order valence-corrected chi connectivity index (χ0v) is 16.7. The number of hydrogen-bond acceptors (Lipinski definition) is 5. The van der Waals surface area contributed by atoms with Crippen LogP contribution in [0.2, 0.25) is 0 Å². The van der Waals surface area contributed by atoms with E-state index in [-0.39, 0.29) is 0 Å². The molecule has 29 heavy (non-hydrogen) atoms. The molecule has 0 saturated carbocycles. The maximum absolute atomic E-state index is 4.70. The van der Waals surface area contributed by atoms with Crippen LogP contribution >= 0.6 is 0 Å². The first-order chi connectivity index (χ1) is 14.2. The first-order valence-corrected chi connectivity index (χ1v) is 10.0. The van der Waals surface area contributed by atoms with Crippen LogP contribution in [0.4, 0.5) is 11.5 Å².